The third-order valence-electron chi connectivity index (χ3n) is 6.19. The highest BCUT2D eigenvalue weighted by atomic mass is 35.5. The maximum atomic E-state index is 13.2. The summed E-state index contributed by atoms with van der Waals surface area (Å²) in [5.41, 5.74) is 1.70. The van der Waals surface area contributed by atoms with Gasteiger partial charge in [0.15, 0.2) is 0 Å². The number of carbonyl (C=O) groups is 1. The molecule has 1 aliphatic rings. The van der Waals surface area contributed by atoms with E-state index in [9.17, 15) is 10.1 Å². The van der Waals surface area contributed by atoms with Gasteiger partial charge in [-0.1, -0.05) is 24.6 Å². The first-order valence-electron chi connectivity index (χ1n) is 11.2. The van der Waals surface area contributed by atoms with Crippen molar-refractivity contribution in [3.63, 3.8) is 0 Å². The number of hydrogen-bond donors (Lipinski definition) is 1. The molecule has 178 valence electrons. The zero-order valence-corrected chi connectivity index (χ0v) is 20.0. The van der Waals surface area contributed by atoms with Crippen LogP contribution in [0.15, 0.2) is 61.2 Å². The van der Waals surface area contributed by atoms with Crippen LogP contribution in [0.5, 0.6) is 11.5 Å². The fraction of sp³-hybridized carbons (Fsp3) is 0.346. The topological polar surface area (TPSA) is 89.2 Å². The van der Waals surface area contributed by atoms with E-state index in [-0.39, 0.29) is 18.3 Å². The Kier molecular flexibility index (Phi) is 8.69. The van der Waals surface area contributed by atoms with Crippen LogP contribution in [-0.4, -0.2) is 35.7 Å². The smallest absolute Gasteiger partial charge is 0.230 e. The van der Waals surface area contributed by atoms with E-state index in [1.165, 1.54) is 0 Å². The van der Waals surface area contributed by atoms with Gasteiger partial charge in [-0.25, -0.2) is 4.98 Å². The molecule has 0 radical (unpaired) electrons. The normalized spacial score (nSPS) is 17.7. The van der Waals surface area contributed by atoms with Crippen molar-refractivity contribution in [3.8, 4) is 17.6 Å². The maximum absolute atomic E-state index is 13.2. The highest BCUT2D eigenvalue weighted by Crippen LogP contribution is 2.38. The molecule has 1 aliphatic heterocycles. The van der Waals surface area contributed by atoms with Crippen molar-refractivity contribution in [2.75, 3.05) is 20.3 Å². The SMILES string of the molecule is COCCC1(c2cccc(Oc3cc(Cn4ccnc4)ccc3C#N)c2)CCCCNC1=O.Cl. The Labute approximate surface area is 206 Å². The molecular weight excluding hydrogens is 452 g/mol. The lowest BCUT2D eigenvalue weighted by Gasteiger charge is -2.31. The van der Waals surface area contributed by atoms with Gasteiger partial charge in [-0.15, -0.1) is 12.4 Å². The zero-order chi connectivity index (χ0) is 23.1. The average Bonchev–Trinajstić information content (AvgIpc) is 3.27. The Morgan fingerprint density at radius 1 is 1.24 bits per heavy atom. The van der Waals surface area contributed by atoms with Crippen molar-refractivity contribution >= 4 is 18.3 Å². The molecule has 0 saturated carbocycles. The molecule has 1 fully saturated rings. The molecule has 1 N–H and O–H groups in total. The number of nitrogens with one attached hydrogen (secondary N) is 1. The van der Waals surface area contributed by atoms with Gasteiger partial charge in [0.25, 0.3) is 0 Å². The van der Waals surface area contributed by atoms with Crippen LogP contribution < -0.4 is 10.1 Å². The molecule has 4 rings (SSSR count). The summed E-state index contributed by atoms with van der Waals surface area (Å²) in [6.45, 7) is 1.81. The molecule has 1 amide bonds. The first kappa shape index (κ1) is 25.3. The Morgan fingerprint density at radius 2 is 2.12 bits per heavy atom. The molecule has 1 atom stereocenters. The quantitative estimate of drug-likeness (QED) is 0.509. The van der Waals surface area contributed by atoms with Crippen LogP contribution in [0, 0.1) is 11.3 Å². The second-order valence-electron chi connectivity index (χ2n) is 8.35. The Balaban J connectivity index is 0.00000324. The lowest BCUT2D eigenvalue weighted by atomic mass is 9.73. The van der Waals surface area contributed by atoms with Crippen LogP contribution in [0.2, 0.25) is 0 Å². The number of benzene rings is 2. The number of imidazole rings is 1. The van der Waals surface area contributed by atoms with Gasteiger partial charge in [0.05, 0.1) is 17.3 Å². The number of hydrogen-bond acceptors (Lipinski definition) is 5. The summed E-state index contributed by atoms with van der Waals surface area (Å²) in [6, 6.07) is 15.4. The Bertz CT molecular complexity index is 1140. The van der Waals surface area contributed by atoms with E-state index in [0.29, 0.717) is 43.2 Å². The second-order valence-corrected chi connectivity index (χ2v) is 8.35. The summed E-state index contributed by atoms with van der Waals surface area (Å²) in [5, 5.41) is 12.7. The minimum Gasteiger partial charge on any atom is -0.456 e. The van der Waals surface area contributed by atoms with E-state index >= 15 is 0 Å². The van der Waals surface area contributed by atoms with E-state index in [2.05, 4.69) is 16.4 Å². The number of halogens is 1. The molecule has 2 aromatic carbocycles. The van der Waals surface area contributed by atoms with Crippen molar-refractivity contribution in [1.29, 1.82) is 5.26 Å². The fourth-order valence-corrected chi connectivity index (χ4v) is 4.39. The summed E-state index contributed by atoms with van der Waals surface area (Å²) in [6.07, 6.45) is 8.65. The van der Waals surface area contributed by atoms with Gasteiger partial charge >= 0.3 is 0 Å². The number of nitrogens with zero attached hydrogens (tertiary/aromatic N) is 3. The largest absolute Gasteiger partial charge is 0.456 e. The number of aromatic nitrogens is 2. The minimum atomic E-state index is -0.660. The summed E-state index contributed by atoms with van der Waals surface area (Å²) in [4.78, 5) is 17.2. The van der Waals surface area contributed by atoms with Crippen LogP contribution in [0.25, 0.3) is 0 Å². The standard InChI is InChI=1S/C26H28N4O3.ClH/c1-32-14-10-26(9-2-3-11-29-25(26)31)22-5-4-6-23(16-22)33-24-15-20(7-8-21(24)17-27)18-30-13-12-28-19-30;/h4-8,12-13,15-16,19H,2-3,9-11,14,18H2,1H3,(H,29,31);1H. The van der Waals surface area contributed by atoms with Crippen LogP contribution in [0.4, 0.5) is 0 Å². The minimum absolute atomic E-state index is 0. The molecule has 0 spiro atoms. The number of carbonyl (C=O) groups excluding carboxylic acids is 1. The summed E-state index contributed by atoms with van der Waals surface area (Å²) < 4.78 is 13.5. The Hall–Kier alpha value is -3.34. The zero-order valence-electron chi connectivity index (χ0n) is 19.2. The van der Waals surface area contributed by atoms with Crippen molar-refractivity contribution in [2.24, 2.45) is 0 Å². The number of nitriles is 1. The molecule has 3 aromatic rings. The molecule has 1 unspecified atom stereocenters. The van der Waals surface area contributed by atoms with E-state index in [0.717, 1.165) is 30.4 Å². The van der Waals surface area contributed by atoms with Crippen LogP contribution >= 0.6 is 12.4 Å². The third kappa shape index (κ3) is 5.58. The monoisotopic (exact) mass is 480 g/mol. The first-order chi connectivity index (χ1) is 16.1. The molecule has 34 heavy (non-hydrogen) atoms. The van der Waals surface area contributed by atoms with E-state index in [1.807, 2.05) is 47.2 Å². The van der Waals surface area contributed by atoms with Crippen molar-refractivity contribution < 1.29 is 14.3 Å². The van der Waals surface area contributed by atoms with Crippen molar-refractivity contribution in [2.45, 2.75) is 37.6 Å². The average molecular weight is 481 g/mol. The molecular formula is C26H29ClN4O3. The van der Waals surface area contributed by atoms with Crippen LogP contribution in [0.3, 0.4) is 0 Å². The van der Waals surface area contributed by atoms with Crippen molar-refractivity contribution in [1.82, 2.24) is 14.9 Å². The summed E-state index contributed by atoms with van der Waals surface area (Å²) in [7, 11) is 1.65. The lowest BCUT2D eigenvalue weighted by Crippen LogP contribution is -2.43. The van der Waals surface area contributed by atoms with Crippen LogP contribution in [0.1, 0.15) is 42.4 Å². The lowest BCUT2D eigenvalue weighted by molar-refractivity contribution is -0.127. The molecule has 2 heterocycles. The summed E-state index contributed by atoms with van der Waals surface area (Å²) in [5.74, 6) is 1.12. The number of amides is 1. The highest BCUT2D eigenvalue weighted by Gasteiger charge is 2.40. The number of ether oxygens (including phenoxy) is 2. The van der Waals surface area contributed by atoms with E-state index < -0.39 is 5.41 Å². The van der Waals surface area contributed by atoms with Gasteiger partial charge in [0, 0.05) is 39.2 Å². The first-order valence-corrected chi connectivity index (χ1v) is 11.2. The molecule has 1 aromatic heterocycles. The number of methoxy groups -OCH3 is 1. The van der Waals surface area contributed by atoms with Gasteiger partial charge in [-0.05, 0) is 54.7 Å². The predicted molar refractivity (Wildman–Crippen MR) is 131 cm³/mol. The van der Waals surface area contributed by atoms with Gasteiger partial charge in [0.2, 0.25) is 5.91 Å². The second kappa shape index (κ2) is 11.7. The van der Waals surface area contributed by atoms with Gasteiger partial charge in [0.1, 0.15) is 17.6 Å². The molecule has 1 saturated heterocycles. The molecule has 7 nitrogen and oxygen atoms in total. The van der Waals surface area contributed by atoms with E-state index in [1.54, 1.807) is 25.7 Å². The Morgan fingerprint density at radius 3 is 2.88 bits per heavy atom. The maximum Gasteiger partial charge on any atom is 0.230 e. The van der Waals surface area contributed by atoms with Crippen LogP contribution in [-0.2, 0) is 21.5 Å². The van der Waals surface area contributed by atoms with E-state index in [4.69, 9.17) is 9.47 Å². The van der Waals surface area contributed by atoms with Gasteiger partial charge in [-0.2, -0.15) is 5.26 Å². The summed E-state index contributed by atoms with van der Waals surface area (Å²) >= 11 is 0. The molecule has 0 bridgehead atoms. The highest BCUT2D eigenvalue weighted by molar-refractivity contribution is 5.88. The molecule has 0 aliphatic carbocycles. The number of rotatable bonds is 8. The third-order valence-corrected chi connectivity index (χ3v) is 6.19. The van der Waals surface area contributed by atoms with Gasteiger partial charge in [-0.3, -0.25) is 4.79 Å². The molecule has 8 heteroatoms. The van der Waals surface area contributed by atoms with Crippen molar-refractivity contribution in [3.05, 3.63) is 77.9 Å². The fourth-order valence-electron chi connectivity index (χ4n) is 4.39. The predicted octanol–water partition coefficient (Wildman–Crippen LogP) is 4.59. The van der Waals surface area contributed by atoms with Gasteiger partial charge < -0.3 is 19.4 Å².